The number of hydrogen-bond donors (Lipinski definition) is 2. The molecule has 1 aromatic heterocycles. The molecule has 3 nitrogen and oxygen atoms in total. The van der Waals surface area contributed by atoms with Crippen LogP contribution in [0.3, 0.4) is 0 Å². The van der Waals surface area contributed by atoms with E-state index in [9.17, 15) is 4.39 Å². The minimum absolute atomic E-state index is 0.0338. The highest BCUT2D eigenvalue weighted by Crippen LogP contribution is 2.23. The second-order valence-corrected chi connectivity index (χ2v) is 5.29. The summed E-state index contributed by atoms with van der Waals surface area (Å²) >= 11 is 0. The first-order chi connectivity index (χ1) is 10.1. The van der Waals surface area contributed by atoms with Crippen LogP contribution < -0.4 is 11.1 Å². The number of anilines is 1. The van der Waals surface area contributed by atoms with Gasteiger partial charge in [0.05, 0.1) is 0 Å². The van der Waals surface area contributed by atoms with E-state index >= 15 is 0 Å². The van der Waals surface area contributed by atoms with Gasteiger partial charge in [-0.1, -0.05) is 19.1 Å². The quantitative estimate of drug-likeness (QED) is 0.856. The molecule has 0 saturated heterocycles. The molecule has 1 aromatic carbocycles. The monoisotopic (exact) mass is 287 g/mol. The number of halogens is 1. The molecule has 1 heterocycles. The van der Waals surface area contributed by atoms with Crippen LogP contribution in [-0.2, 0) is 6.42 Å². The predicted octanol–water partition coefficient (Wildman–Crippen LogP) is 3.39. The van der Waals surface area contributed by atoms with E-state index in [1.54, 1.807) is 31.5 Å². The number of nitrogen functional groups attached to an aromatic ring is 1. The third kappa shape index (κ3) is 4.02. The highest BCUT2D eigenvalue weighted by Gasteiger charge is 2.14. The van der Waals surface area contributed by atoms with Crippen molar-refractivity contribution < 1.29 is 4.39 Å². The molecule has 0 fully saturated rings. The zero-order valence-electron chi connectivity index (χ0n) is 12.6. The minimum Gasteiger partial charge on any atom is -0.398 e. The maximum Gasteiger partial charge on any atom is 0.126 e. The molecule has 0 saturated carbocycles. The Balaban J connectivity index is 2.25. The molecule has 0 aliphatic rings. The standard InChI is InChI=1S/C17H22FN3/c1-3-7-21-17(10-14-11-20-8-6-16(14)19)13-5-4-12(2)15(18)9-13/h4-6,8-9,11,17,21H,3,7,10H2,1-2H3,(H2,19,20). The SMILES string of the molecule is CCCNC(Cc1cnccc1N)c1ccc(C)c(F)c1. The lowest BCUT2D eigenvalue weighted by Crippen LogP contribution is -2.24. The van der Waals surface area contributed by atoms with Gasteiger partial charge in [0, 0.05) is 24.1 Å². The van der Waals surface area contributed by atoms with Crippen LogP contribution in [-0.4, -0.2) is 11.5 Å². The summed E-state index contributed by atoms with van der Waals surface area (Å²) in [7, 11) is 0. The molecule has 0 bridgehead atoms. The predicted molar refractivity (Wildman–Crippen MR) is 84.5 cm³/mol. The lowest BCUT2D eigenvalue weighted by molar-refractivity contribution is 0.523. The van der Waals surface area contributed by atoms with Crippen molar-refractivity contribution in [2.24, 2.45) is 0 Å². The average Bonchev–Trinajstić information content (AvgIpc) is 2.48. The molecular weight excluding hydrogens is 265 g/mol. The zero-order chi connectivity index (χ0) is 15.2. The van der Waals surface area contributed by atoms with Crippen LogP contribution in [0.15, 0.2) is 36.7 Å². The summed E-state index contributed by atoms with van der Waals surface area (Å²) in [5, 5.41) is 3.46. The number of hydrogen-bond acceptors (Lipinski definition) is 3. The summed E-state index contributed by atoms with van der Waals surface area (Å²) in [4.78, 5) is 4.12. The summed E-state index contributed by atoms with van der Waals surface area (Å²) in [6.45, 7) is 4.76. The van der Waals surface area contributed by atoms with E-state index in [0.29, 0.717) is 12.0 Å². The summed E-state index contributed by atoms with van der Waals surface area (Å²) in [5.41, 5.74) is 9.29. The molecule has 1 atom stereocenters. The normalized spacial score (nSPS) is 12.3. The maximum atomic E-state index is 13.8. The van der Waals surface area contributed by atoms with Gasteiger partial charge in [0.15, 0.2) is 0 Å². The molecule has 1 unspecified atom stereocenters. The third-order valence-corrected chi connectivity index (χ3v) is 3.60. The fourth-order valence-electron chi connectivity index (χ4n) is 2.28. The van der Waals surface area contributed by atoms with Crippen molar-refractivity contribution in [3.8, 4) is 0 Å². The number of pyridine rings is 1. The van der Waals surface area contributed by atoms with E-state index in [1.165, 1.54) is 0 Å². The van der Waals surface area contributed by atoms with Crippen LogP contribution in [0.1, 0.15) is 36.1 Å². The largest absolute Gasteiger partial charge is 0.398 e. The molecule has 112 valence electrons. The van der Waals surface area contributed by atoms with Crippen LogP contribution in [0.4, 0.5) is 10.1 Å². The first-order valence-corrected chi connectivity index (χ1v) is 7.29. The Morgan fingerprint density at radius 3 is 2.81 bits per heavy atom. The molecule has 3 N–H and O–H groups in total. The van der Waals surface area contributed by atoms with Gasteiger partial charge in [0.1, 0.15) is 5.82 Å². The van der Waals surface area contributed by atoms with Crippen LogP contribution in [0.25, 0.3) is 0 Å². The van der Waals surface area contributed by atoms with Crippen LogP contribution in [0.5, 0.6) is 0 Å². The van der Waals surface area contributed by atoms with E-state index in [2.05, 4.69) is 17.2 Å². The van der Waals surface area contributed by atoms with Crippen LogP contribution in [0.2, 0.25) is 0 Å². The molecule has 0 aliphatic carbocycles. The van der Waals surface area contributed by atoms with Gasteiger partial charge in [-0.2, -0.15) is 0 Å². The molecule has 2 rings (SSSR count). The van der Waals surface area contributed by atoms with Crippen molar-refractivity contribution in [1.29, 1.82) is 0 Å². The molecule has 4 heteroatoms. The molecule has 0 spiro atoms. The Hall–Kier alpha value is -1.94. The van der Waals surface area contributed by atoms with Gasteiger partial charge < -0.3 is 11.1 Å². The number of nitrogens with two attached hydrogens (primary N) is 1. The molecule has 0 amide bonds. The molecule has 21 heavy (non-hydrogen) atoms. The first kappa shape index (κ1) is 15.4. The lowest BCUT2D eigenvalue weighted by atomic mass is 9.97. The number of nitrogens with zero attached hydrogens (tertiary/aromatic N) is 1. The van der Waals surface area contributed by atoms with Crippen molar-refractivity contribution in [3.05, 3.63) is 59.2 Å². The van der Waals surface area contributed by atoms with E-state index in [4.69, 9.17) is 5.73 Å². The van der Waals surface area contributed by atoms with Crippen molar-refractivity contribution in [2.45, 2.75) is 32.7 Å². The number of benzene rings is 1. The van der Waals surface area contributed by atoms with Gasteiger partial charge in [-0.15, -0.1) is 0 Å². The number of rotatable bonds is 6. The Morgan fingerprint density at radius 2 is 2.14 bits per heavy atom. The Bertz CT molecular complexity index is 598. The second-order valence-electron chi connectivity index (χ2n) is 5.29. The van der Waals surface area contributed by atoms with Crippen LogP contribution >= 0.6 is 0 Å². The summed E-state index contributed by atoms with van der Waals surface area (Å²) < 4.78 is 13.8. The second kappa shape index (κ2) is 7.18. The molecule has 0 aliphatic heterocycles. The van der Waals surface area contributed by atoms with Crippen molar-refractivity contribution in [2.75, 3.05) is 12.3 Å². The van der Waals surface area contributed by atoms with Crippen molar-refractivity contribution in [3.63, 3.8) is 0 Å². The molecular formula is C17H22FN3. The Morgan fingerprint density at radius 1 is 1.33 bits per heavy atom. The number of aryl methyl sites for hydroxylation is 1. The van der Waals surface area contributed by atoms with E-state index in [-0.39, 0.29) is 11.9 Å². The maximum absolute atomic E-state index is 13.8. The van der Waals surface area contributed by atoms with Gasteiger partial charge in [-0.25, -0.2) is 4.39 Å². The fourth-order valence-corrected chi connectivity index (χ4v) is 2.28. The fraction of sp³-hybridized carbons (Fsp3) is 0.353. The third-order valence-electron chi connectivity index (χ3n) is 3.60. The van der Waals surface area contributed by atoms with Crippen molar-refractivity contribution in [1.82, 2.24) is 10.3 Å². The van der Waals surface area contributed by atoms with E-state index < -0.39 is 0 Å². The summed E-state index contributed by atoms with van der Waals surface area (Å²) in [6, 6.07) is 7.22. The van der Waals surface area contributed by atoms with E-state index in [1.807, 2.05) is 12.1 Å². The average molecular weight is 287 g/mol. The van der Waals surface area contributed by atoms with Gasteiger partial charge in [0.25, 0.3) is 0 Å². The van der Waals surface area contributed by atoms with Gasteiger partial charge >= 0.3 is 0 Å². The van der Waals surface area contributed by atoms with Gasteiger partial charge in [0.2, 0.25) is 0 Å². The highest BCUT2D eigenvalue weighted by molar-refractivity contribution is 5.45. The number of aromatic nitrogens is 1. The Labute approximate surface area is 125 Å². The lowest BCUT2D eigenvalue weighted by Gasteiger charge is -2.20. The topological polar surface area (TPSA) is 50.9 Å². The van der Waals surface area contributed by atoms with Crippen molar-refractivity contribution >= 4 is 5.69 Å². The number of nitrogens with one attached hydrogen (secondary N) is 1. The summed E-state index contributed by atoms with van der Waals surface area (Å²) in [5.74, 6) is -0.171. The highest BCUT2D eigenvalue weighted by atomic mass is 19.1. The molecule has 2 aromatic rings. The first-order valence-electron chi connectivity index (χ1n) is 7.29. The Kier molecular flexibility index (Phi) is 5.28. The van der Waals surface area contributed by atoms with Crippen LogP contribution in [0, 0.1) is 12.7 Å². The molecule has 0 radical (unpaired) electrons. The van der Waals surface area contributed by atoms with Gasteiger partial charge in [-0.05, 0) is 55.1 Å². The van der Waals surface area contributed by atoms with E-state index in [0.717, 1.165) is 29.8 Å². The smallest absolute Gasteiger partial charge is 0.126 e. The zero-order valence-corrected chi connectivity index (χ0v) is 12.6. The minimum atomic E-state index is -0.171. The summed E-state index contributed by atoms with van der Waals surface area (Å²) in [6.07, 6.45) is 5.18. The van der Waals surface area contributed by atoms with Gasteiger partial charge in [-0.3, -0.25) is 4.98 Å².